The van der Waals surface area contributed by atoms with Gasteiger partial charge in [0.15, 0.2) is 0 Å². The minimum atomic E-state index is -0.0901. The summed E-state index contributed by atoms with van der Waals surface area (Å²) < 4.78 is 11.0. The molecule has 4 heteroatoms. The van der Waals surface area contributed by atoms with Crippen LogP contribution in [0.15, 0.2) is 72.8 Å². The maximum absolute atomic E-state index is 12.2. The van der Waals surface area contributed by atoms with Crippen LogP contribution in [0, 0.1) is 0 Å². The van der Waals surface area contributed by atoms with E-state index in [4.69, 9.17) is 9.47 Å². The predicted molar refractivity (Wildman–Crippen MR) is 102 cm³/mol. The summed E-state index contributed by atoms with van der Waals surface area (Å²) in [6.07, 6.45) is 1.88. The van der Waals surface area contributed by atoms with E-state index >= 15 is 0 Å². The van der Waals surface area contributed by atoms with Gasteiger partial charge in [0.05, 0.1) is 7.11 Å². The molecule has 1 N–H and O–H groups in total. The van der Waals surface area contributed by atoms with Crippen LogP contribution in [0.5, 0.6) is 17.2 Å². The van der Waals surface area contributed by atoms with E-state index in [1.54, 1.807) is 7.11 Å². The minimum Gasteiger partial charge on any atom is -0.497 e. The van der Waals surface area contributed by atoms with Gasteiger partial charge in [-0.15, -0.1) is 0 Å². The van der Waals surface area contributed by atoms with E-state index in [-0.39, 0.29) is 5.91 Å². The lowest BCUT2D eigenvalue weighted by molar-refractivity contribution is -0.110. The lowest BCUT2D eigenvalue weighted by atomic mass is 10.0. The molecule has 4 rings (SSSR count). The lowest BCUT2D eigenvalue weighted by Crippen LogP contribution is -2.03. The van der Waals surface area contributed by atoms with Crippen molar-refractivity contribution in [1.29, 1.82) is 0 Å². The van der Waals surface area contributed by atoms with Crippen LogP contribution in [0.3, 0.4) is 0 Å². The van der Waals surface area contributed by atoms with Crippen molar-refractivity contribution >= 4 is 23.2 Å². The van der Waals surface area contributed by atoms with E-state index in [0.29, 0.717) is 11.3 Å². The van der Waals surface area contributed by atoms with Crippen molar-refractivity contribution in [3.05, 3.63) is 83.9 Å². The van der Waals surface area contributed by atoms with Gasteiger partial charge in [-0.3, -0.25) is 4.79 Å². The molecule has 26 heavy (non-hydrogen) atoms. The van der Waals surface area contributed by atoms with Crippen molar-refractivity contribution in [3.8, 4) is 17.2 Å². The molecule has 0 bridgehead atoms. The maximum atomic E-state index is 12.2. The average molecular weight is 343 g/mol. The summed E-state index contributed by atoms with van der Waals surface area (Å²) in [7, 11) is 1.63. The largest absolute Gasteiger partial charge is 0.497 e. The Morgan fingerprint density at radius 1 is 0.846 bits per heavy atom. The number of methoxy groups -OCH3 is 1. The first-order valence-electron chi connectivity index (χ1n) is 8.27. The third-order valence-corrected chi connectivity index (χ3v) is 4.17. The van der Waals surface area contributed by atoms with Crippen LogP contribution in [0.25, 0.3) is 11.6 Å². The van der Waals surface area contributed by atoms with E-state index in [1.807, 2.05) is 78.9 Å². The fourth-order valence-electron chi connectivity index (χ4n) is 2.90. The number of rotatable bonds is 4. The third-order valence-electron chi connectivity index (χ3n) is 4.17. The number of anilines is 1. The SMILES string of the molecule is COc1ccc(Oc2cccc(/C=C3\C(=O)Nc4ccccc43)c2)cc1. The van der Waals surface area contributed by atoms with Gasteiger partial charge in [0, 0.05) is 16.8 Å². The molecule has 4 nitrogen and oxygen atoms in total. The number of benzene rings is 3. The van der Waals surface area contributed by atoms with Gasteiger partial charge in [-0.25, -0.2) is 0 Å². The summed E-state index contributed by atoms with van der Waals surface area (Å²) in [6, 6.07) is 22.7. The van der Waals surface area contributed by atoms with Crippen LogP contribution >= 0.6 is 0 Å². The fourth-order valence-corrected chi connectivity index (χ4v) is 2.90. The van der Waals surface area contributed by atoms with Crippen molar-refractivity contribution in [1.82, 2.24) is 0 Å². The Kier molecular flexibility index (Phi) is 4.15. The number of para-hydroxylation sites is 1. The van der Waals surface area contributed by atoms with Gasteiger partial charge in [-0.05, 0) is 54.1 Å². The van der Waals surface area contributed by atoms with E-state index in [1.165, 1.54) is 0 Å². The van der Waals surface area contributed by atoms with Gasteiger partial charge in [-0.1, -0.05) is 30.3 Å². The third kappa shape index (κ3) is 3.17. The highest BCUT2D eigenvalue weighted by Gasteiger charge is 2.23. The zero-order chi connectivity index (χ0) is 17.9. The van der Waals surface area contributed by atoms with E-state index in [0.717, 1.165) is 28.3 Å². The molecule has 0 saturated carbocycles. The highest BCUT2D eigenvalue weighted by molar-refractivity contribution is 6.34. The van der Waals surface area contributed by atoms with Gasteiger partial charge < -0.3 is 14.8 Å². The van der Waals surface area contributed by atoms with Gasteiger partial charge in [-0.2, -0.15) is 0 Å². The van der Waals surface area contributed by atoms with Crippen LogP contribution in [0.1, 0.15) is 11.1 Å². The van der Waals surface area contributed by atoms with Crippen LogP contribution < -0.4 is 14.8 Å². The molecule has 1 heterocycles. The number of fused-ring (bicyclic) bond motifs is 1. The molecule has 1 aliphatic heterocycles. The second kappa shape index (κ2) is 6.76. The lowest BCUT2D eigenvalue weighted by Gasteiger charge is -2.07. The van der Waals surface area contributed by atoms with Crippen molar-refractivity contribution < 1.29 is 14.3 Å². The van der Waals surface area contributed by atoms with Crippen LogP contribution in [-0.4, -0.2) is 13.0 Å². The zero-order valence-electron chi connectivity index (χ0n) is 14.2. The molecule has 0 saturated heterocycles. The normalized spacial score (nSPS) is 14.0. The highest BCUT2D eigenvalue weighted by atomic mass is 16.5. The van der Waals surface area contributed by atoms with Gasteiger partial charge in [0.25, 0.3) is 5.91 Å². The van der Waals surface area contributed by atoms with Crippen LogP contribution in [0.4, 0.5) is 5.69 Å². The highest BCUT2D eigenvalue weighted by Crippen LogP contribution is 2.33. The molecule has 0 atom stereocenters. The topological polar surface area (TPSA) is 47.6 Å². The summed E-state index contributed by atoms with van der Waals surface area (Å²) in [5, 5.41) is 2.88. The minimum absolute atomic E-state index is 0.0901. The quantitative estimate of drug-likeness (QED) is 0.680. The van der Waals surface area contributed by atoms with E-state index < -0.39 is 0 Å². The van der Waals surface area contributed by atoms with Gasteiger partial charge in [0.2, 0.25) is 0 Å². The first-order chi connectivity index (χ1) is 12.7. The Bertz CT molecular complexity index is 990. The molecular formula is C22H17NO3. The number of amides is 1. The van der Waals surface area contributed by atoms with Crippen molar-refractivity contribution in [2.75, 3.05) is 12.4 Å². The Morgan fingerprint density at radius 3 is 2.42 bits per heavy atom. The summed E-state index contributed by atoms with van der Waals surface area (Å²) in [4.78, 5) is 12.2. The van der Waals surface area contributed by atoms with Gasteiger partial charge in [0.1, 0.15) is 17.2 Å². The monoisotopic (exact) mass is 343 g/mol. The summed E-state index contributed by atoms with van der Waals surface area (Å²) in [6.45, 7) is 0. The molecule has 3 aromatic carbocycles. The second-order valence-corrected chi connectivity index (χ2v) is 5.91. The molecular weight excluding hydrogens is 326 g/mol. The number of hydrogen-bond acceptors (Lipinski definition) is 3. The number of ether oxygens (including phenoxy) is 2. The number of hydrogen-bond donors (Lipinski definition) is 1. The second-order valence-electron chi connectivity index (χ2n) is 5.91. The summed E-state index contributed by atoms with van der Waals surface area (Å²) >= 11 is 0. The zero-order valence-corrected chi connectivity index (χ0v) is 14.2. The molecule has 0 radical (unpaired) electrons. The standard InChI is InChI=1S/C22H17NO3/c1-25-16-9-11-17(12-10-16)26-18-6-4-5-15(13-18)14-20-19-7-2-3-8-21(19)23-22(20)24/h2-14H,1H3,(H,23,24)/b20-14-. The Morgan fingerprint density at radius 2 is 1.62 bits per heavy atom. The summed E-state index contributed by atoms with van der Waals surface area (Å²) in [5.74, 6) is 2.12. The van der Waals surface area contributed by atoms with Crippen LogP contribution in [-0.2, 0) is 4.79 Å². The van der Waals surface area contributed by atoms with Crippen molar-refractivity contribution in [3.63, 3.8) is 0 Å². The maximum Gasteiger partial charge on any atom is 0.256 e. The molecule has 1 aliphatic rings. The molecule has 3 aromatic rings. The number of carbonyl (C=O) groups excluding carboxylic acids is 1. The molecule has 0 aromatic heterocycles. The number of carbonyl (C=O) groups is 1. The molecule has 128 valence electrons. The first kappa shape index (κ1) is 16.0. The van der Waals surface area contributed by atoms with Gasteiger partial charge >= 0.3 is 0 Å². The number of nitrogens with one attached hydrogen (secondary N) is 1. The average Bonchev–Trinajstić information content (AvgIpc) is 2.98. The summed E-state index contributed by atoms with van der Waals surface area (Å²) in [5.41, 5.74) is 3.31. The van der Waals surface area contributed by atoms with Crippen LogP contribution in [0.2, 0.25) is 0 Å². The predicted octanol–water partition coefficient (Wildman–Crippen LogP) is 4.98. The molecule has 0 fully saturated rings. The Labute approximate surface area is 151 Å². The Hall–Kier alpha value is -3.53. The van der Waals surface area contributed by atoms with E-state index in [9.17, 15) is 4.79 Å². The molecule has 0 aliphatic carbocycles. The molecule has 0 spiro atoms. The smallest absolute Gasteiger partial charge is 0.256 e. The molecule has 1 amide bonds. The fraction of sp³-hybridized carbons (Fsp3) is 0.0455. The van der Waals surface area contributed by atoms with Crippen molar-refractivity contribution in [2.24, 2.45) is 0 Å². The van der Waals surface area contributed by atoms with E-state index in [2.05, 4.69) is 5.32 Å². The molecule has 0 unspecified atom stereocenters. The van der Waals surface area contributed by atoms with Crippen molar-refractivity contribution in [2.45, 2.75) is 0 Å². The Balaban J connectivity index is 1.61. The first-order valence-corrected chi connectivity index (χ1v) is 8.27.